The van der Waals surface area contributed by atoms with Crippen LogP contribution in [0.15, 0.2) is 164 Å². The highest BCUT2D eigenvalue weighted by Crippen LogP contribution is 2.46. The number of halogens is 3. The first-order valence-electron chi connectivity index (χ1n) is 23.0. The van der Waals surface area contributed by atoms with Crippen molar-refractivity contribution in [1.29, 1.82) is 15.8 Å². The van der Waals surface area contributed by atoms with E-state index in [0.29, 0.717) is 61.4 Å². The third-order valence-corrected chi connectivity index (χ3v) is 13.5. The number of para-hydroxylation sites is 2. The van der Waals surface area contributed by atoms with E-state index in [1.165, 1.54) is 24.3 Å². The Balaban J connectivity index is 1.18. The molecule has 0 bridgehead atoms. The van der Waals surface area contributed by atoms with E-state index in [2.05, 4.69) is 36.1 Å². The molecule has 348 valence electrons. The zero-order chi connectivity index (χ0) is 52.3. The molecule has 0 N–H and O–H groups in total. The molecular formula is C63H30F3N9. The number of alkyl halides is 3. The Bertz CT molecular complexity index is 4570. The summed E-state index contributed by atoms with van der Waals surface area (Å²) in [6.07, 6.45) is -4.61. The molecule has 12 heteroatoms. The van der Waals surface area contributed by atoms with Gasteiger partial charge in [-0.2, -0.15) is 29.0 Å². The van der Waals surface area contributed by atoms with Crippen molar-refractivity contribution < 1.29 is 13.2 Å². The number of nitriles is 3. The summed E-state index contributed by atoms with van der Waals surface area (Å²) in [5.74, 6) is 0. The maximum absolute atomic E-state index is 14.4. The van der Waals surface area contributed by atoms with E-state index in [1.54, 1.807) is 25.1 Å². The zero-order valence-electron chi connectivity index (χ0n) is 39.2. The molecule has 0 aliphatic heterocycles. The number of hydrogen-bond donors (Lipinski definition) is 0. The van der Waals surface area contributed by atoms with Crippen molar-refractivity contribution in [3.05, 3.63) is 237 Å². The predicted molar refractivity (Wildman–Crippen MR) is 286 cm³/mol. The van der Waals surface area contributed by atoms with E-state index in [1.807, 2.05) is 120 Å². The summed E-state index contributed by atoms with van der Waals surface area (Å²) in [7, 11) is 0. The highest BCUT2D eigenvalue weighted by molar-refractivity contribution is 6.13. The van der Waals surface area contributed by atoms with Crippen LogP contribution in [0.2, 0.25) is 0 Å². The number of aromatic nitrogens is 2. The standard InChI is InChI=1S/C63H30F3N9/c1-36-22-41(26-44(23-36)63(64,65)66)38-14-19-60(75-57-13-9-7-11-48(57)51-30-40(16-21-59(51)75)62-43(35-69)27-45(70-2)31-55(62)73-5)52(28-38)49-32-46(17-18-53(49)71-3)74-56-12-8-6-10-47(56)50-29-39(15-20-58(50)74)61-42(34-68)24-37(33-67)25-54(61)72-4/h6-32H,1H3. The number of hydrogen-bond acceptors (Lipinski definition) is 3. The molecule has 2 aromatic heterocycles. The Labute approximate surface area is 427 Å². The van der Waals surface area contributed by atoms with Crippen LogP contribution in [-0.2, 0) is 6.18 Å². The van der Waals surface area contributed by atoms with E-state index in [0.717, 1.165) is 55.7 Å². The van der Waals surface area contributed by atoms with Crippen LogP contribution in [0.5, 0.6) is 0 Å². The van der Waals surface area contributed by atoms with Crippen LogP contribution >= 0.6 is 0 Å². The zero-order valence-corrected chi connectivity index (χ0v) is 39.2. The summed E-state index contributed by atoms with van der Waals surface area (Å²) in [5, 5.41) is 33.3. The van der Waals surface area contributed by atoms with Crippen molar-refractivity contribution >= 4 is 66.4 Å². The summed E-state index contributed by atoms with van der Waals surface area (Å²) in [6.45, 7) is 33.7. The smallest absolute Gasteiger partial charge is 0.309 e. The van der Waals surface area contributed by atoms with E-state index < -0.39 is 11.7 Å². The molecule has 0 atom stereocenters. The first-order chi connectivity index (χ1) is 36.4. The minimum absolute atomic E-state index is 0.162. The number of fused-ring (bicyclic) bond motifs is 6. The van der Waals surface area contributed by atoms with Gasteiger partial charge in [0.1, 0.15) is 0 Å². The molecule has 75 heavy (non-hydrogen) atoms. The molecule has 11 rings (SSSR count). The maximum atomic E-state index is 14.4. The van der Waals surface area contributed by atoms with Gasteiger partial charge in [-0.05, 0) is 137 Å². The van der Waals surface area contributed by atoms with Crippen LogP contribution in [0.25, 0.3) is 119 Å². The van der Waals surface area contributed by atoms with Crippen LogP contribution in [-0.4, -0.2) is 9.13 Å². The quantitative estimate of drug-likeness (QED) is 0.155. The molecule has 9 aromatic carbocycles. The number of benzene rings is 9. The monoisotopic (exact) mass is 969 g/mol. The number of rotatable bonds is 6. The Morgan fingerprint density at radius 1 is 0.453 bits per heavy atom. The molecule has 2 heterocycles. The lowest BCUT2D eigenvalue weighted by atomic mass is 9.94. The van der Waals surface area contributed by atoms with Gasteiger partial charge in [-0.25, -0.2) is 19.4 Å². The van der Waals surface area contributed by atoms with Gasteiger partial charge in [0.05, 0.1) is 83.4 Å². The van der Waals surface area contributed by atoms with E-state index in [-0.39, 0.29) is 39.4 Å². The van der Waals surface area contributed by atoms with E-state index in [4.69, 9.17) is 26.3 Å². The van der Waals surface area contributed by atoms with Crippen molar-refractivity contribution in [3.8, 4) is 74.1 Å². The molecule has 0 saturated heterocycles. The number of aryl methyl sites for hydroxylation is 1. The summed E-state index contributed by atoms with van der Waals surface area (Å²) in [5.41, 5.74) is 9.21. The average molecular weight is 970 g/mol. The van der Waals surface area contributed by atoms with Crippen molar-refractivity contribution in [1.82, 2.24) is 9.13 Å². The summed E-state index contributed by atoms with van der Waals surface area (Å²) in [6, 6.07) is 54.0. The Kier molecular flexibility index (Phi) is 11.0. The SMILES string of the molecule is [C-]#[N+]c1cc(C#N)c(-c2ccc3c(c2)c2ccccc2n3-c2ccc(-c3cc(C)cc(C(F)(F)F)c3)cc2-c2cc(-n3c4ccccc4c4cc(-c5c(C#N)cc(C#N)cc5[N+]#[C-])ccc43)ccc2[N+]#[C-])c([N+]#[C-])c1. The van der Waals surface area contributed by atoms with Gasteiger partial charge in [-0.1, -0.05) is 72.8 Å². The van der Waals surface area contributed by atoms with Crippen molar-refractivity contribution in [3.63, 3.8) is 0 Å². The van der Waals surface area contributed by atoms with Crippen LogP contribution in [0.1, 0.15) is 27.8 Å². The average Bonchev–Trinajstić information content (AvgIpc) is 3.96. The van der Waals surface area contributed by atoms with Crippen molar-refractivity contribution in [2.24, 2.45) is 0 Å². The van der Waals surface area contributed by atoms with E-state index >= 15 is 0 Å². The lowest BCUT2D eigenvalue weighted by Gasteiger charge is -2.19. The van der Waals surface area contributed by atoms with Gasteiger partial charge in [-0.15, -0.1) is 0 Å². The highest BCUT2D eigenvalue weighted by Gasteiger charge is 2.31. The van der Waals surface area contributed by atoms with Crippen molar-refractivity contribution in [2.75, 3.05) is 0 Å². The van der Waals surface area contributed by atoms with E-state index in [9.17, 15) is 29.0 Å². The second kappa shape index (κ2) is 17.9. The molecule has 0 saturated carbocycles. The first kappa shape index (κ1) is 46.2. The van der Waals surface area contributed by atoms with Crippen LogP contribution < -0.4 is 0 Å². The highest BCUT2D eigenvalue weighted by atomic mass is 19.4. The van der Waals surface area contributed by atoms with Gasteiger partial charge in [0.25, 0.3) is 0 Å². The minimum atomic E-state index is -4.61. The summed E-state index contributed by atoms with van der Waals surface area (Å²) < 4.78 is 47.3. The second-order valence-corrected chi connectivity index (χ2v) is 17.8. The lowest BCUT2D eigenvalue weighted by Crippen LogP contribution is -2.05. The fraction of sp³-hybridized carbons (Fsp3) is 0.0317. The van der Waals surface area contributed by atoms with Gasteiger partial charge >= 0.3 is 6.18 Å². The molecule has 11 aromatic rings. The molecule has 0 aliphatic carbocycles. The lowest BCUT2D eigenvalue weighted by molar-refractivity contribution is -0.137. The van der Waals surface area contributed by atoms with Gasteiger partial charge < -0.3 is 9.13 Å². The molecule has 0 amide bonds. The van der Waals surface area contributed by atoms with Gasteiger partial charge in [0.2, 0.25) is 0 Å². The number of nitrogens with zero attached hydrogens (tertiary/aromatic N) is 9. The van der Waals surface area contributed by atoms with Crippen LogP contribution in [0.3, 0.4) is 0 Å². The van der Waals surface area contributed by atoms with Gasteiger partial charge in [-0.3, -0.25) is 0 Å². The summed E-state index contributed by atoms with van der Waals surface area (Å²) >= 11 is 0. The predicted octanol–water partition coefficient (Wildman–Crippen LogP) is 17.7. The van der Waals surface area contributed by atoms with Gasteiger partial charge in [0, 0.05) is 49.5 Å². The minimum Gasteiger partial charge on any atom is -0.309 e. The molecule has 0 aliphatic rings. The third-order valence-electron chi connectivity index (χ3n) is 13.5. The molecule has 9 nitrogen and oxygen atoms in total. The Morgan fingerprint density at radius 3 is 1.63 bits per heavy atom. The Hall–Kier alpha value is -11.2. The molecular weight excluding hydrogens is 940 g/mol. The molecule has 0 fully saturated rings. The maximum Gasteiger partial charge on any atom is 0.416 e. The fourth-order valence-electron chi connectivity index (χ4n) is 10.3. The largest absolute Gasteiger partial charge is 0.416 e. The normalized spacial score (nSPS) is 11.1. The Morgan fingerprint density at radius 2 is 1.03 bits per heavy atom. The van der Waals surface area contributed by atoms with Crippen LogP contribution in [0, 0.1) is 67.2 Å². The summed E-state index contributed by atoms with van der Waals surface area (Å²) in [4.78, 5) is 14.9. The van der Waals surface area contributed by atoms with Gasteiger partial charge in [0.15, 0.2) is 22.7 Å². The van der Waals surface area contributed by atoms with Crippen LogP contribution in [0.4, 0.5) is 35.9 Å². The second-order valence-electron chi connectivity index (χ2n) is 17.8. The molecule has 0 unspecified atom stereocenters. The topological polar surface area (TPSA) is 98.7 Å². The molecule has 0 radical (unpaired) electrons. The van der Waals surface area contributed by atoms with Crippen molar-refractivity contribution in [2.45, 2.75) is 13.1 Å². The first-order valence-corrected chi connectivity index (χ1v) is 23.0. The molecule has 0 spiro atoms. The third kappa shape index (κ3) is 7.60. The fourth-order valence-corrected chi connectivity index (χ4v) is 10.3.